The summed E-state index contributed by atoms with van der Waals surface area (Å²) in [5, 5.41) is 12.3. The smallest absolute Gasteiger partial charge is 0.0965 e. The van der Waals surface area contributed by atoms with Crippen molar-refractivity contribution in [3.05, 3.63) is 0 Å². The highest BCUT2D eigenvalue weighted by Crippen LogP contribution is 2.16. The van der Waals surface area contributed by atoms with E-state index >= 15 is 0 Å². The normalized spacial score (nSPS) is 23.9. The van der Waals surface area contributed by atoms with E-state index in [2.05, 4.69) is 30.1 Å². The number of nitrogens with zero attached hydrogens (tertiary/aromatic N) is 2. The SMILES string of the molecule is CCCNC(C#N)CCN1CCCC(C)CC1. The molecule has 1 rings (SSSR count). The van der Waals surface area contributed by atoms with Crippen LogP contribution in [-0.4, -0.2) is 37.1 Å². The number of nitriles is 1. The lowest BCUT2D eigenvalue weighted by Gasteiger charge is -2.21. The summed E-state index contributed by atoms with van der Waals surface area (Å²) in [4.78, 5) is 2.53. The molecular weight excluding hydrogens is 210 g/mol. The van der Waals surface area contributed by atoms with Gasteiger partial charge in [-0.3, -0.25) is 0 Å². The average Bonchev–Trinajstić information content (AvgIpc) is 2.54. The van der Waals surface area contributed by atoms with Crippen LogP contribution in [0.2, 0.25) is 0 Å². The van der Waals surface area contributed by atoms with Crippen molar-refractivity contribution >= 4 is 0 Å². The topological polar surface area (TPSA) is 39.1 Å². The van der Waals surface area contributed by atoms with Crippen LogP contribution in [0, 0.1) is 17.2 Å². The Morgan fingerprint density at radius 3 is 2.94 bits per heavy atom. The lowest BCUT2D eigenvalue weighted by atomic mass is 10.0. The average molecular weight is 237 g/mol. The molecule has 0 saturated carbocycles. The van der Waals surface area contributed by atoms with E-state index in [1.165, 1.54) is 32.4 Å². The summed E-state index contributed by atoms with van der Waals surface area (Å²) in [6, 6.07) is 2.40. The Morgan fingerprint density at radius 1 is 1.41 bits per heavy atom. The second-order valence-corrected chi connectivity index (χ2v) is 5.30. The van der Waals surface area contributed by atoms with Crippen LogP contribution in [0.4, 0.5) is 0 Å². The van der Waals surface area contributed by atoms with Crippen LogP contribution in [0.25, 0.3) is 0 Å². The van der Waals surface area contributed by atoms with Gasteiger partial charge in [-0.15, -0.1) is 0 Å². The van der Waals surface area contributed by atoms with E-state index in [1.54, 1.807) is 0 Å². The van der Waals surface area contributed by atoms with Crippen molar-refractivity contribution < 1.29 is 0 Å². The Morgan fingerprint density at radius 2 is 2.24 bits per heavy atom. The first-order valence-electron chi connectivity index (χ1n) is 7.11. The van der Waals surface area contributed by atoms with Gasteiger partial charge in [0.25, 0.3) is 0 Å². The van der Waals surface area contributed by atoms with Gasteiger partial charge >= 0.3 is 0 Å². The minimum Gasteiger partial charge on any atom is -0.303 e. The largest absolute Gasteiger partial charge is 0.303 e. The Labute approximate surface area is 106 Å². The summed E-state index contributed by atoms with van der Waals surface area (Å²) >= 11 is 0. The van der Waals surface area contributed by atoms with Crippen LogP contribution in [0.5, 0.6) is 0 Å². The van der Waals surface area contributed by atoms with Gasteiger partial charge in [-0.1, -0.05) is 13.8 Å². The molecule has 3 heteroatoms. The molecule has 0 aliphatic carbocycles. The van der Waals surface area contributed by atoms with Crippen LogP contribution < -0.4 is 5.32 Å². The van der Waals surface area contributed by atoms with Gasteiger partial charge in [0.1, 0.15) is 0 Å². The third kappa shape index (κ3) is 6.05. The molecule has 1 aliphatic rings. The van der Waals surface area contributed by atoms with Crippen molar-refractivity contribution in [3.63, 3.8) is 0 Å². The molecule has 0 aromatic carbocycles. The van der Waals surface area contributed by atoms with Crippen LogP contribution >= 0.6 is 0 Å². The first-order valence-corrected chi connectivity index (χ1v) is 7.11. The first-order chi connectivity index (χ1) is 8.26. The molecule has 2 atom stereocenters. The quantitative estimate of drug-likeness (QED) is 0.771. The molecule has 0 radical (unpaired) electrons. The molecule has 1 heterocycles. The summed E-state index contributed by atoms with van der Waals surface area (Å²) in [5.41, 5.74) is 0. The first kappa shape index (κ1) is 14.5. The summed E-state index contributed by atoms with van der Waals surface area (Å²) in [7, 11) is 0. The Hall–Kier alpha value is -0.590. The van der Waals surface area contributed by atoms with Crippen molar-refractivity contribution in [2.75, 3.05) is 26.2 Å². The zero-order valence-corrected chi connectivity index (χ0v) is 11.4. The van der Waals surface area contributed by atoms with E-state index in [4.69, 9.17) is 5.26 Å². The molecule has 0 aromatic heterocycles. The highest BCUT2D eigenvalue weighted by Gasteiger charge is 2.15. The fraction of sp³-hybridized carbons (Fsp3) is 0.929. The number of rotatable bonds is 6. The van der Waals surface area contributed by atoms with E-state index in [-0.39, 0.29) is 6.04 Å². The van der Waals surface area contributed by atoms with Gasteiger partial charge in [-0.2, -0.15) is 5.26 Å². The maximum atomic E-state index is 9.05. The van der Waals surface area contributed by atoms with Crippen LogP contribution in [0.3, 0.4) is 0 Å². The Bertz CT molecular complexity index is 234. The van der Waals surface area contributed by atoms with E-state index < -0.39 is 0 Å². The highest BCUT2D eigenvalue weighted by molar-refractivity contribution is 4.90. The zero-order valence-electron chi connectivity index (χ0n) is 11.4. The molecule has 0 spiro atoms. The fourth-order valence-corrected chi connectivity index (χ4v) is 2.39. The number of likely N-dealkylation sites (tertiary alicyclic amines) is 1. The number of hydrogen-bond acceptors (Lipinski definition) is 3. The van der Waals surface area contributed by atoms with Crippen molar-refractivity contribution in [2.45, 2.75) is 52.0 Å². The summed E-state index contributed by atoms with van der Waals surface area (Å²) < 4.78 is 0. The van der Waals surface area contributed by atoms with Gasteiger partial charge < -0.3 is 10.2 Å². The summed E-state index contributed by atoms with van der Waals surface area (Å²) in [6.07, 6.45) is 6.07. The second-order valence-electron chi connectivity index (χ2n) is 5.30. The van der Waals surface area contributed by atoms with Crippen molar-refractivity contribution in [1.29, 1.82) is 5.26 Å². The van der Waals surface area contributed by atoms with Crippen LogP contribution in [-0.2, 0) is 0 Å². The van der Waals surface area contributed by atoms with Crippen LogP contribution in [0.15, 0.2) is 0 Å². The van der Waals surface area contributed by atoms with Crippen molar-refractivity contribution in [1.82, 2.24) is 10.2 Å². The predicted octanol–water partition coefficient (Wildman–Crippen LogP) is 2.39. The highest BCUT2D eigenvalue weighted by atomic mass is 15.1. The minimum atomic E-state index is 0.0376. The molecule has 98 valence electrons. The molecule has 2 unspecified atom stereocenters. The van der Waals surface area contributed by atoms with Crippen molar-refractivity contribution in [3.8, 4) is 6.07 Å². The number of nitrogens with one attached hydrogen (secondary N) is 1. The molecule has 17 heavy (non-hydrogen) atoms. The van der Waals surface area contributed by atoms with E-state index in [9.17, 15) is 0 Å². The molecule has 1 aliphatic heterocycles. The second kappa shape index (κ2) is 8.49. The van der Waals surface area contributed by atoms with Gasteiger partial charge in [0.15, 0.2) is 0 Å². The molecule has 1 N–H and O–H groups in total. The Kier molecular flexibility index (Phi) is 7.23. The maximum absolute atomic E-state index is 9.05. The predicted molar refractivity (Wildman–Crippen MR) is 71.8 cm³/mol. The zero-order chi connectivity index (χ0) is 12.5. The monoisotopic (exact) mass is 237 g/mol. The Balaban J connectivity index is 2.21. The van der Waals surface area contributed by atoms with E-state index in [0.29, 0.717) is 0 Å². The third-order valence-corrected chi connectivity index (χ3v) is 3.64. The van der Waals surface area contributed by atoms with E-state index in [0.717, 1.165) is 31.8 Å². The lowest BCUT2D eigenvalue weighted by molar-refractivity contribution is 0.270. The van der Waals surface area contributed by atoms with Gasteiger partial charge in [-0.25, -0.2) is 0 Å². The van der Waals surface area contributed by atoms with E-state index in [1.807, 2.05) is 0 Å². The molecule has 3 nitrogen and oxygen atoms in total. The molecule has 0 amide bonds. The molecule has 1 fully saturated rings. The standard InChI is InChI=1S/C14H27N3/c1-3-8-16-14(12-15)7-11-17-9-4-5-13(2)6-10-17/h13-14,16H,3-11H2,1-2H3. The molecule has 0 aromatic rings. The van der Waals surface area contributed by atoms with Gasteiger partial charge in [0, 0.05) is 6.54 Å². The maximum Gasteiger partial charge on any atom is 0.0965 e. The number of hydrogen-bond donors (Lipinski definition) is 1. The molecule has 0 bridgehead atoms. The minimum absolute atomic E-state index is 0.0376. The third-order valence-electron chi connectivity index (χ3n) is 3.64. The van der Waals surface area contributed by atoms with Gasteiger partial charge in [0.05, 0.1) is 12.1 Å². The lowest BCUT2D eigenvalue weighted by Crippen LogP contribution is -2.34. The molecular formula is C14H27N3. The van der Waals surface area contributed by atoms with Crippen molar-refractivity contribution in [2.24, 2.45) is 5.92 Å². The fourth-order valence-electron chi connectivity index (χ4n) is 2.39. The van der Waals surface area contributed by atoms with Crippen LogP contribution in [0.1, 0.15) is 46.0 Å². The van der Waals surface area contributed by atoms with Gasteiger partial charge in [0.2, 0.25) is 0 Å². The molecule has 1 saturated heterocycles. The summed E-state index contributed by atoms with van der Waals surface area (Å²) in [6.45, 7) is 8.95. The van der Waals surface area contributed by atoms with Gasteiger partial charge in [-0.05, 0) is 57.7 Å². The summed E-state index contributed by atoms with van der Waals surface area (Å²) in [5.74, 6) is 0.880.